The molecule has 0 bridgehead atoms. The van der Waals surface area contributed by atoms with E-state index < -0.39 is 46.7 Å². The van der Waals surface area contributed by atoms with Crippen molar-refractivity contribution >= 4 is 22.5 Å². The Hall–Kier alpha value is -4.38. The topological polar surface area (TPSA) is 105 Å². The van der Waals surface area contributed by atoms with E-state index in [-0.39, 0.29) is 23.5 Å². The number of alkyl halides is 3. The number of aromatic nitrogens is 2. The molecule has 2 N–H and O–H groups in total. The zero-order chi connectivity index (χ0) is 32.6. The van der Waals surface area contributed by atoms with E-state index in [0.717, 1.165) is 25.5 Å². The van der Waals surface area contributed by atoms with E-state index in [1.54, 1.807) is 26.0 Å². The van der Waals surface area contributed by atoms with Crippen LogP contribution in [0.15, 0.2) is 72.4 Å². The number of nitrogens with zero attached hydrogens (tertiary/aromatic N) is 2. The molecule has 1 aliphatic rings. The molecule has 0 radical (unpaired) electrons. The van der Waals surface area contributed by atoms with Crippen LogP contribution in [0.1, 0.15) is 45.7 Å². The van der Waals surface area contributed by atoms with Gasteiger partial charge in [-0.25, -0.2) is 9.37 Å². The van der Waals surface area contributed by atoms with Crippen molar-refractivity contribution in [1.29, 1.82) is 5.41 Å². The summed E-state index contributed by atoms with van der Waals surface area (Å²) in [6.07, 6.45) is -0.822. The average molecular weight is 612 g/mol. The first-order chi connectivity index (χ1) is 20.4. The van der Waals surface area contributed by atoms with Gasteiger partial charge in [0.05, 0.1) is 28.5 Å². The van der Waals surface area contributed by atoms with E-state index in [2.05, 4.69) is 16.5 Å². The molecule has 0 atom stereocenters. The van der Waals surface area contributed by atoms with Crippen LogP contribution in [0, 0.1) is 16.6 Å². The van der Waals surface area contributed by atoms with E-state index in [1.807, 2.05) is 13.0 Å². The lowest BCUT2D eigenvalue weighted by Gasteiger charge is -2.32. The Morgan fingerprint density at radius 1 is 1.07 bits per heavy atom. The van der Waals surface area contributed by atoms with Crippen LogP contribution in [-0.4, -0.2) is 45.0 Å². The smallest absolute Gasteiger partial charge is 0.400 e. The maximum Gasteiger partial charge on any atom is 0.400 e. The van der Waals surface area contributed by atoms with Crippen LogP contribution in [0.3, 0.4) is 0 Å². The van der Waals surface area contributed by atoms with Gasteiger partial charge in [0.1, 0.15) is 40.8 Å². The van der Waals surface area contributed by atoms with Crippen molar-refractivity contribution in [3.8, 4) is 17.0 Å². The fourth-order valence-corrected chi connectivity index (χ4v) is 4.31. The molecule has 3 aromatic rings. The fraction of sp³-hybridized carbons (Fsp3) is 0.333. The van der Waals surface area contributed by atoms with Crippen molar-refractivity contribution < 1.29 is 36.9 Å². The molecular formula is C33H33F4N3O4. The predicted octanol–water partition coefficient (Wildman–Crippen LogP) is 7.22. The number of ether oxygens (including phenoxy) is 2. The molecule has 2 aromatic carbocycles. The van der Waals surface area contributed by atoms with Gasteiger partial charge in [0.2, 0.25) is 0 Å². The number of halogens is 4. The summed E-state index contributed by atoms with van der Waals surface area (Å²) >= 11 is 0. The minimum absolute atomic E-state index is 0.00502. The quantitative estimate of drug-likeness (QED) is 0.185. The monoisotopic (exact) mass is 611 g/mol. The minimum Gasteiger partial charge on any atom is -0.490 e. The van der Waals surface area contributed by atoms with Crippen molar-refractivity contribution in [2.75, 3.05) is 6.61 Å². The number of carbonyl (C=O) groups is 1. The summed E-state index contributed by atoms with van der Waals surface area (Å²) in [6.45, 7) is 10.7. The van der Waals surface area contributed by atoms with E-state index in [1.165, 1.54) is 24.4 Å². The molecule has 1 aromatic heterocycles. The second-order valence-corrected chi connectivity index (χ2v) is 11.7. The third-order valence-electron chi connectivity index (χ3n) is 7.12. The van der Waals surface area contributed by atoms with Gasteiger partial charge in [-0.3, -0.25) is 15.2 Å². The summed E-state index contributed by atoms with van der Waals surface area (Å²) in [4.78, 5) is 22.0. The highest BCUT2D eigenvalue weighted by atomic mass is 19.4. The van der Waals surface area contributed by atoms with Gasteiger partial charge in [0, 0.05) is 23.6 Å². The molecule has 0 amide bonds. The van der Waals surface area contributed by atoms with E-state index >= 15 is 4.39 Å². The van der Waals surface area contributed by atoms with Crippen molar-refractivity contribution in [3.05, 3.63) is 89.3 Å². The normalized spacial score (nSPS) is 14.2. The van der Waals surface area contributed by atoms with E-state index in [0.29, 0.717) is 34.5 Å². The number of allylic oxidation sites excluding steroid dienone is 4. The first-order valence-corrected chi connectivity index (χ1v) is 13.8. The van der Waals surface area contributed by atoms with Crippen LogP contribution in [0.2, 0.25) is 0 Å². The minimum atomic E-state index is -4.65. The molecule has 4 rings (SSSR count). The Bertz CT molecular complexity index is 1720. The Kier molecular flexibility index (Phi) is 8.84. The molecular weight excluding hydrogens is 578 g/mol. The molecule has 7 nitrogen and oxygen atoms in total. The van der Waals surface area contributed by atoms with Crippen LogP contribution in [0.25, 0.3) is 22.3 Å². The zero-order valence-corrected chi connectivity index (χ0v) is 25.0. The maximum absolute atomic E-state index is 15.2. The molecule has 0 fully saturated rings. The van der Waals surface area contributed by atoms with Crippen molar-refractivity contribution in [1.82, 2.24) is 9.97 Å². The Morgan fingerprint density at radius 3 is 2.39 bits per heavy atom. The van der Waals surface area contributed by atoms with Crippen LogP contribution < -0.4 is 4.74 Å². The van der Waals surface area contributed by atoms with Crippen LogP contribution in [0.4, 0.5) is 17.6 Å². The molecule has 0 saturated carbocycles. The summed E-state index contributed by atoms with van der Waals surface area (Å²) in [6, 6.07) is 7.76. The first kappa shape index (κ1) is 32.5. The Balaban J connectivity index is 1.54. The summed E-state index contributed by atoms with van der Waals surface area (Å²) in [5.41, 5.74) is -1.31. The Morgan fingerprint density at radius 2 is 1.77 bits per heavy atom. The molecule has 232 valence electrons. The number of rotatable bonds is 10. The molecule has 0 unspecified atom stereocenters. The number of aliphatic hydroxyl groups is 1. The number of benzene rings is 2. The number of aryl methyl sites for hydroxylation is 1. The van der Waals surface area contributed by atoms with Gasteiger partial charge in [-0.05, 0) is 69.5 Å². The number of hydrogen-bond acceptors (Lipinski definition) is 7. The van der Waals surface area contributed by atoms with Gasteiger partial charge in [0.25, 0.3) is 0 Å². The number of hydrogen-bond donors (Lipinski definition) is 2. The molecule has 1 aliphatic heterocycles. The SMILES string of the molecule is C=C1C=C(C(=N)C(=O)Cc2ccc(-c3cnc4cc(OCC(C)(C)O)c(CC)cc4n3)cc2F)C=C(C(C)(C)C(F)(F)F)O1. The highest BCUT2D eigenvalue weighted by molar-refractivity contribution is 6.46. The highest BCUT2D eigenvalue weighted by Crippen LogP contribution is 2.46. The average Bonchev–Trinajstić information content (AvgIpc) is 2.94. The number of nitrogens with one attached hydrogen (secondary N) is 1. The third-order valence-corrected chi connectivity index (χ3v) is 7.12. The van der Waals surface area contributed by atoms with E-state index in [9.17, 15) is 23.1 Å². The molecule has 0 spiro atoms. The summed E-state index contributed by atoms with van der Waals surface area (Å²) in [7, 11) is 0. The zero-order valence-electron chi connectivity index (χ0n) is 25.0. The number of carbonyl (C=O) groups excluding carboxylic acids is 1. The second kappa shape index (κ2) is 12.0. The molecule has 2 heterocycles. The molecule has 0 aliphatic carbocycles. The largest absolute Gasteiger partial charge is 0.490 e. The third kappa shape index (κ3) is 7.05. The second-order valence-electron chi connectivity index (χ2n) is 11.7. The number of Topliss-reactive ketones (excluding diaryl/α,β-unsaturated/α-hetero) is 1. The van der Waals surface area contributed by atoms with Crippen molar-refractivity contribution in [3.63, 3.8) is 0 Å². The summed E-state index contributed by atoms with van der Waals surface area (Å²) in [5, 5.41) is 18.3. The van der Waals surface area contributed by atoms with Crippen molar-refractivity contribution in [2.45, 2.75) is 59.2 Å². The van der Waals surface area contributed by atoms with Crippen LogP contribution in [0.5, 0.6) is 5.75 Å². The predicted molar refractivity (Wildman–Crippen MR) is 159 cm³/mol. The van der Waals surface area contributed by atoms with Gasteiger partial charge < -0.3 is 14.6 Å². The maximum atomic E-state index is 15.2. The summed E-state index contributed by atoms with van der Waals surface area (Å²) < 4.78 is 66.8. The van der Waals surface area contributed by atoms with Gasteiger partial charge in [-0.2, -0.15) is 13.2 Å². The first-order valence-electron chi connectivity index (χ1n) is 13.8. The van der Waals surface area contributed by atoms with Gasteiger partial charge in [-0.15, -0.1) is 0 Å². The Labute approximate surface area is 252 Å². The van der Waals surface area contributed by atoms with E-state index in [4.69, 9.17) is 14.9 Å². The van der Waals surface area contributed by atoms with Crippen molar-refractivity contribution in [2.24, 2.45) is 5.41 Å². The van der Waals surface area contributed by atoms with Crippen LogP contribution in [-0.2, 0) is 22.4 Å². The highest BCUT2D eigenvalue weighted by Gasteiger charge is 2.52. The summed E-state index contributed by atoms with van der Waals surface area (Å²) in [5.74, 6) is -1.57. The van der Waals surface area contributed by atoms with Crippen LogP contribution >= 0.6 is 0 Å². The lowest BCUT2D eigenvalue weighted by atomic mass is 9.86. The lowest BCUT2D eigenvalue weighted by molar-refractivity contribution is -0.207. The van der Waals surface area contributed by atoms with Gasteiger partial charge in [-0.1, -0.05) is 25.6 Å². The van der Waals surface area contributed by atoms with Gasteiger partial charge >= 0.3 is 6.18 Å². The number of ketones is 1. The fourth-order valence-electron chi connectivity index (χ4n) is 4.31. The molecule has 0 saturated heterocycles. The molecule has 11 heteroatoms. The molecule has 44 heavy (non-hydrogen) atoms. The lowest BCUT2D eigenvalue weighted by Crippen LogP contribution is -2.36. The number of fused-ring (bicyclic) bond motifs is 1. The standard InChI is InChI=1S/C33H33F4N3O4/c1-7-19-12-25-24(15-28(19)43-17-31(3,4)42)39-16-26(40-25)21-9-8-20(23(34)11-21)13-27(41)30(38)22-10-18(2)44-29(14-22)32(5,6)33(35,36)37/h8-12,14-16,38,42H,2,7,13,17H2,1,3-6H3. The van der Waals surface area contributed by atoms with Gasteiger partial charge in [0.15, 0.2) is 5.78 Å².